The third-order valence-electron chi connectivity index (χ3n) is 2.68. The van der Waals surface area contributed by atoms with Crippen molar-refractivity contribution in [1.29, 1.82) is 0 Å². The third kappa shape index (κ3) is 2.68. The molecule has 0 saturated heterocycles. The minimum Gasteiger partial charge on any atom is -0.466 e. The molecule has 2 N–H and O–H groups in total. The molecule has 2 aromatic heterocycles. The molecule has 0 spiro atoms. The van der Waals surface area contributed by atoms with Crippen LogP contribution < -0.4 is 5.73 Å². The number of ether oxygens (including phenoxy) is 1. The number of imidazole rings is 1. The van der Waals surface area contributed by atoms with Crippen LogP contribution in [0.25, 0.3) is 5.65 Å². The Bertz CT molecular complexity index is 649. The van der Waals surface area contributed by atoms with Crippen molar-refractivity contribution in [3.8, 4) is 0 Å². The molecular weight excluding hydrogens is 275 g/mol. The minimum atomic E-state index is -4.47. The van der Waals surface area contributed by atoms with Gasteiger partial charge in [0.05, 0.1) is 24.3 Å². The Morgan fingerprint density at radius 3 is 2.75 bits per heavy atom. The van der Waals surface area contributed by atoms with Gasteiger partial charge in [0.25, 0.3) is 0 Å². The SMILES string of the molecule is CCOC(=O)Cc1nc2ccc(C(F)(F)F)cn2c1N. The van der Waals surface area contributed by atoms with Gasteiger partial charge in [0.1, 0.15) is 11.5 Å². The Hall–Kier alpha value is -2.25. The molecule has 108 valence electrons. The summed E-state index contributed by atoms with van der Waals surface area (Å²) >= 11 is 0. The van der Waals surface area contributed by atoms with Gasteiger partial charge in [-0.3, -0.25) is 9.20 Å². The molecule has 5 nitrogen and oxygen atoms in total. The molecule has 20 heavy (non-hydrogen) atoms. The van der Waals surface area contributed by atoms with Crippen LogP contribution in [0.2, 0.25) is 0 Å². The zero-order valence-corrected chi connectivity index (χ0v) is 10.6. The smallest absolute Gasteiger partial charge is 0.417 e. The Balaban J connectivity index is 2.40. The van der Waals surface area contributed by atoms with E-state index in [1.165, 1.54) is 6.07 Å². The summed E-state index contributed by atoms with van der Waals surface area (Å²) in [7, 11) is 0. The first kappa shape index (κ1) is 14.2. The fourth-order valence-corrected chi connectivity index (χ4v) is 1.76. The maximum Gasteiger partial charge on any atom is 0.417 e. The normalized spacial score (nSPS) is 11.8. The Kier molecular flexibility index (Phi) is 3.56. The monoisotopic (exact) mass is 287 g/mol. The Labute approximate surface area is 112 Å². The molecule has 0 bridgehead atoms. The summed E-state index contributed by atoms with van der Waals surface area (Å²) < 4.78 is 43.7. The van der Waals surface area contributed by atoms with Crippen molar-refractivity contribution in [2.24, 2.45) is 0 Å². The zero-order valence-electron chi connectivity index (χ0n) is 10.6. The van der Waals surface area contributed by atoms with Crippen molar-refractivity contribution >= 4 is 17.4 Å². The maximum absolute atomic E-state index is 12.6. The molecule has 0 amide bonds. The van der Waals surface area contributed by atoms with Gasteiger partial charge in [0.2, 0.25) is 0 Å². The summed E-state index contributed by atoms with van der Waals surface area (Å²) in [6.45, 7) is 1.87. The Morgan fingerprint density at radius 1 is 1.45 bits per heavy atom. The molecule has 0 aliphatic heterocycles. The maximum atomic E-state index is 12.6. The van der Waals surface area contributed by atoms with Gasteiger partial charge in [-0.05, 0) is 19.1 Å². The van der Waals surface area contributed by atoms with Crippen LogP contribution in [0.15, 0.2) is 18.3 Å². The number of carbonyl (C=O) groups excluding carboxylic acids is 1. The highest BCUT2D eigenvalue weighted by molar-refractivity contribution is 5.74. The average Bonchev–Trinajstić information content (AvgIpc) is 2.65. The second kappa shape index (κ2) is 5.03. The molecule has 0 fully saturated rings. The molecule has 0 saturated carbocycles. The zero-order chi connectivity index (χ0) is 14.9. The number of fused-ring (bicyclic) bond motifs is 1. The highest BCUT2D eigenvalue weighted by Gasteiger charge is 2.31. The highest BCUT2D eigenvalue weighted by atomic mass is 19.4. The molecule has 2 heterocycles. The largest absolute Gasteiger partial charge is 0.466 e. The van der Waals surface area contributed by atoms with E-state index in [-0.39, 0.29) is 30.2 Å². The van der Waals surface area contributed by atoms with Gasteiger partial charge < -0.3 is 10.5 Å². The number of nitrogens with two attached hydrogens (primary N) is 1. The number of hydrogen-bond acceptors (Lipinski definition) is 4. The molecule has 0 aliphatic rings. The molecule has 0 aromatic carbocycles. The molecule has 0 atom stereocenters. The van der Waals surface area contributed by atoms with E-state index in [9.17, 15) is 18.0 Å². The number of rotatable bonds is 3. The van der Waals surface area contributed by atoms with Gasteiger partial charge in [0.15, 0.2) is 0 Å². The molecule has 2 aromatic rings. The van der Waals surface area contributed by atoms with Crippen LogP contribution in [0.1, 0.15) is 18.2 Å². The van der Waals surface area contributed by atoms with E-state index >= 15 is 0 Å². The topological polar surface area (TPSA) is 69.6 Å². The minimum absolute atomic E-state index is 0.000784. The van der Waals surface area contributed by atoms with E-state index in [4.69, 9.17) is 10.5 Å². The lowest BCUT2D eigenvalue weighted by Crippen LogP contribution is -2.10. The number of esters is 1. The summed E-state index contributed by atoms with van der Waals surface area (Å²) in [6.07, 6.45) is -3.79. The summed E-state index contributed by atoms with van der Waals surface area (Å²) in [5.41, 5.74) is 5.33. The van der Waals surface area contributed by atoms with Crippen molar-refractivity contribution in [2.75, 3.05) is 12.3 Å². The lowest BCUT2D eigenvalue weighted by atomic mass is 10.3. The fraction of sp³-hybridized carbons (Fsp3) is 0.333. The van der Waals surface area contributed by atoms with Crippen LogP contribution in [-0.4, -0.2) is 22.0 Å². The molecule has 0 radical (unpaired) electrons. The molecular formula is C12H12F3N3O2. The van der Waals surface area contributed by atoms with Crippen molar-refractivity contribution < 1.29 is 22.7 Å². The van der Waals surface area contributed by atoms with Crippen molar-refractivity contribution in [3.63, 3.8) is 0 Å². The van der Waals surface area contributed by atoms with Crippen molar-refractivity contribution in [1.82, 2.24) is 9.38 Å². The number of alkyl halides is 3. The Morgan fingerprint density at radius 2 is 2.15 bits per heavy atom. The standard InChI is InChI=1S/C12H12F3N3O2/c1-2-20-10(19)5-8-11(16)18-6-7(12(13,14)15)3-4-9(18)17-8/h3-4,6H,2,5,16H2,1H3. The van der Waals surface area contributed by atoms with Gasteiger partial charge >= 0.3 is 12.1 Å². The van der Waals surface area contributed by atoms with Crippen LogP contribution >= 0.6 is 0 Å². The van der Waals surface area contributed by atoms with E-state index in [1.54, 1.807) is 6.92 Å². The number of anilines is 1. The van der Waals surface area contributed by atoms with E-state index in [2.05, 4.69) is 4.98 Å². The number of aromatic nitrogens is 2. The summed E-state index contributed by atoms with van der Waals surface area (Å²) in [4.78, 5) is 15.4. The first-order valence-corrected chi connectivity index (χ1v) is 5.82. The predicted octanol–water partition coefficient (Wildman–Crippen LogP) is 2.04. The highest BCUT2D eigenvalue weighted by Crippen LogP contribution is 2.30. The van der Waals surface area contributed by atoms with Crippen molar-refractivity contribution in [2.45, 2.75) is 19.5 Å². The quantitative estimate of drug-likeness (QED) is 0.877. The van der Waals surface area contributed by atoms with Crippen LogP contribution in [0.5, 0.6) is 0 Å². The van der Waals surface area contributed by atoms with Gasteiger partial charge in [-0.25, -0.2) is 4.98 Å². The summed E-state index contributed by atoms with van der Waals surface area (Å²) in [5, 5.41) is 0. The predicted molar refractivity (Wildman–Crippen MR) is 64.9 cm³/mol. The number of carbonyl (C=O) groups is 1. The van der Waals surface area contributed by atoms with Gasteiger partial charge in [-0.15, -0.1) is 0 Å². The third-order valence-corrected chi connectivity index (χ3v) is 2.68. The molecule has 0 unspecified atom stereocenters. The van der Waals surface area contributed by atoms with Crippen LogP contribution in [-0.2, 0) is 22.1 Å². The van der Waals surface area contributed by atoms with Crippen molar-refractivity contribution in [3.05, 3.63) is 29.6 Å². The number of halogens is 3. The number of nitrogen functional groups attached to an aromatic ring is 1. The van der Waals surface area contributed by atoms with Gasteiger partial charge in [-0.2, -0.15) is 13.2 Å². The second-order valence-electron chi connectivity index (χ2n) is 4.07. The second-order valence-corrected chi connectivity index (χ2v) is 4.07. The lowest BCUT2D eigenvalue weighted by molar-refractivity contribution is -0.142. The van der Waals surface area contributed by atoms with E-state index < -0.39 is 17.7 Å². The molecule has 2 rings (SSSR count). The number of pyridine rings is 1. The number of hydrogen-bond donors (Lipinski definition) is 1. The van der Waals surface area contributed by atoms with Gasteiger partial charge in [0, 0.05) is 6.20 Å². The summed E-state index contributed by atoms with van der Waals surface area (Å²) in [5.74, 6) is -0.530. The first-order chi connectivity index (χ1) is 9.32. The van der Waals surface area contributed by atoms with E-state index in [0.717, 1.165) is 16.7 Å². The van der Waals surface area contributed by atoms with Crippen LogP contribution in [0.3, 0.4) is 0 Å². The molecule has 8 heteroatoms. The van der Waals surface area contributed by atoms with Crippen LogP contribution in [0, 0.1) is 0 Å². The van der Waals surface area contributed by atoms with Crippen LogP contribution in [0.4, 0.5) is 19.0 Å². The number of nitrogens with zero attached hydrogens (tertiary/aromatic N) is 2. The summed E-state index contributed by atoms with van der Waals surface area (Å²) in [6, 6.07) is 2.11. The van der Waals surface area contributed by atoms with E-state index in [0.29, 0.717) is 0 Å². The lowest BCUT2D eigenvalue weighted by Gasteiger charge is -2.07. The average molecular weight is 287 g/mol. The fourth-order valence-electron chi connectivity index (χ4n) is 1.76. The van der Waals surface area contributed by atoms with E-state index in [1.807, 2.05) is 0 Å². The van der Waals surface area contributed by atoms with Gasteiger partial charge in [-0.1, -0.05) is 0 Å². The molecule has 0 aliphatic carbocycles. The first-order valence-electron chi connectivity index (χ1n) is 5.82.